The van der Waals surface area contributed by atoms with Crippen LogP contribution in [0, 0.1) is 16.6 Å². The first kappa shape index (κ1) is 19.5. The highest BCUT2D eigenvalue weighted by atomic mass is 32.2. The normalized spacial score (nSPS) is 28.0. The Labute approximate surface area is 179 Å². The van der Waals surface area contributed by atoms with Crippen LogP contribution >= 0.6 is 11.8 Å². The summed E-state index contributed by atoms with van der Waals surface area (Å²) in [6, 6.07) is 2.58. The molecule has 156 valence electrons. The van der Waals surface area contributed by atoms with Crippen molar-refractivity contribution in [3.8, 4) is 22.8 Å². The molecule has 2 aliphatic rings. The molecule has 1 N–H and O–H groups in total. The molecule has 1 aromatic carbocycles. The monoisotopic (exact) mass is 425 g/mol. The molecule has 2 aliphatic carbocycles. The molecule has 8 heteroatoms. The van der Waals surface area contributed by atoms with Crippen molar-refractivity contribution in [3.05, 3.63) is 42.9 Å². The van der Waals surface area contributed by atoms with E-state index in [9.17, 15) is 9.50 Å². The zero-order chi connectivity index (χ0) is 20.9. The lowest BCUT2D eigenvalue weighted by molar-refractivity contribution is 0.177. The fourth-order valence-electron chi connectivity index (χ4n) is 5.36. The molecule has 2 heterocycles. The van der Waals surface area contributed by atoms with E-state index in [-0.39, 0.29) is 22.8 Å². The zero-order valence-corrected chi connectivity index (χ0v) is 17.9. The average molecular weight is 426 g/mol. The van der Waals surface area contributed by atoms with Crippen molar-refractivity contribution in [2.24, 2.45) is 10.8 Å². The van der Waals surface area contributed by atoms with Gasteiger partial charge in [0, 0.05) is 23.7 Å². The molecule has 0 radical (unpaired) electrons. The highest BCUT2D eigenvalue weighted by Crippen LogP contribution is 2.60. The van der Waals surface area contributed by atoms with E-state index in [1.807, 2.05) is 0 Å². The van der Waals surface area contributed by atoms with Crippen LogP contribution in [0.3, 0.4) is 0 Å². The number of benzene rings is 1. The Bertz CT molecular complexity index is 1060. The highest BCUT2D eigenvalue weighted by Gasteiger charge is 2.49. The smallest absolute Gasteiger partial charge is 0.185 e. The first-order valence-corrected chi connectivity index (χ1v) is 11.1. The third-order valence-corrected chi connectivity index (χ3v) is 7.64. The van der Waals surface area contributed by atoms with Crippen LogP contribution in [0.4, 0.5) is 4.39 Å². The fourth-order valence-corrected chi connectivity index (χ4v) is 6.87. The number of hydrogen-bond acceptors (Lipinski definition) is 6. The van der Waals surface area contributed by atoms with Gasteiger partial charge in [0.2, 0.25) is 0 Å². The number of nitrogens with zero attached hydrogens (tertiary/aromatic N) is 5. The van der Waals surface area contributed by atoms with Crippen LogP contribution in [0.5, 0.6) is 5.75 Å². The SMILES string of the molecule is C[C@]12CC[C@](C)(CC(Sc3cnc(-c4cc(F)c(-n5ccnc5)cc4O)nn3)C1)C2. The molecule has 2 bridgehead atoms. The summed E-state index contributed by atoms with van der Waals surface area (Å²) in [6.07, 6.45) is 12.6. The number of phenolic OH excluding ortho intramolecular Hbond substituents is 1. The molecule has 2 saturated carbocycles. The summed E-state index contributed by atoms with van der Waals surface area (Å²) in [5.41, 5.74) is 1.30. The van der Waals surface area contributed by atoms with Crippen molar-refractivity contribution in [2.75, 3.05) is 0 Å². The van der Waals surface area contributed by atoms with Gasteiger partial charge in [0.25, 0.3) is 0 Å². The molecule has 0 amide bonds. The van der Waals surface area contributed by atoms with Gasteiger partial charge in [-0.15, -0.1) is 10.2 Å². The summed E-state index contributed by atoms with van der Waals surface area (Å²) >= 11 is 1.74. The first-order chi connectivity index (χ1) is 14.3. The van der Waals surface area contributed by atoms with Crippen LogP contribution in [0.15, 0.2) is 42.1 Å². The molecule has 0 spiro atoms. The van der Waals surface area contributed by atoms with Crippen molar-refractivity contribution in [1.29, 1.82) is 0 Å². The number of phenols is 1. The van der Waals surface area contributed by atoms with Crippen molar-refractivity contribution >= 4 is 11.8 Å². The number of rotatable bonds is 4. The van der Waals surface area contributed by atoms with Gasteiger partial charge in [0.05, 0.1) is 23.8 Å². The summed E-state index contributed by atoms with van der Waals surface area (Å²) in [5, 5.41) is 20.2. The van der Waals surface area contributed by atoms with Crippen molar-refractivity contribution in [3.63, 3.8) is 0 Å². The molecule has 2 aromatic heterocycles. The quantitative estimate of drug-likeness (QED) is 0.632. The summed E-state index contributed by atoms with van der Waals surface area (Å²) in [6.45, 7) is 4.81. The standard InChI is InChI=1S/C22H24FN5OS/c1-21-3-4-22(2,12-21)10-14(9-21)30-19-11-25-20(27-26-19)15-7-16(23)17(8-18(15)29)28-6-5-24-13-28/h5-8,11,13-14,29H,3-4,9-10,12H2,1-2H3/t14?,21-,22+. The maximum Gasteiger partial charge on any atom is 0.185 e. The van der Waals surface area contributed by atoms with Gasteiger partial charge >= 0.3 is 0 Å². The Balaban J connectivity index is 1.35. The van der Waals surface area contributed by atoms with Crippen molar-refractivity contribution in [2.45, 2.75) is 56.2 Å². The number of aromatic hydroxyl groups is 1. The van der Waals surface area contributed by atoms with Crippen molar-refractivity contribution in [1.82, 2.24) is 24.7 Å². The highest BCUT2D eigenvalue weighted by molar-refractivity contribution is 7.99. The minimum Gasteiger partial charge on any atom is -0.507 e. The molecule has 2 fully saturated rings. The van der Waals surface area contributed by atoms with E-state index in [1.54, 1.807) is 30.4 Å². The zero-order valence-electron chi connectivity index (χ0n) is 17.0. The van der Waals surface area contributed by atoms with Crippen LogP contribution in [-0.4, -0.2) is 35.1 Å². The average Bonchev–Trinajstić information content (AvgIpc) is 3.30. The van der Waals surface area contributed by atoms with Gasteiger partial charge in [-0.05, 0) is 49.0 Å². The van der Waals surface area contributed by atoms with Crippen molar-refractivity contribution < 1.29 is 9.50 Å². The van der Waals surface area contributed by atoms with Crippen LogP contribution < -0.4 is 0 Å². The molecule has 6 nitrogen and oxygen atoms in total. The van der Waals surface area contributed by atoms with E-state index in [2.05, 4.69) is 34.0 Å². The minimum absolute atomic E-state index is 0.105. The van der Waals surface area contributed by atoms with Gasteiger partial charge in [-0.3, -0.25) is 0 Å². The Morgan fingerprint density at radius 2 is 1.93 bits per heavy atom. The Morgan fingerprint density at radius 3 is 2.57 bits per heavy atom. The Kier molecular flexibility index (Phi) is 4.57. The predicted molar refractivity (Wildman–Crippen MR) is 113 cm³/mol. The van der Waals surface area contributed by atoms with Gasteiger partial charge in [-0.2, -0.15) is 0 Å². The number of imidazole rings is 1. The number of thioether (sulfide) groups is 1. The molecule has 0 aliphatic heterocycles. The van der Waals surface area contributed by atoms with Crippen LogP contribution in [-0.2, 0) is 0 Å². The van der Waals surface area contributed by atoms with Crippen LogP contribution in [0.25, 0.3) is 17.1 Å². The topological polar surface area (TPSA) is 76.7 Å². The van der Waals surface area contributed by atoms with E-state index in [4.69, 9.17) is 0 Å². The molecule has 30 heavy (non-hydrogen) atoms. The molecular weight excluding hydrogens is 401 g/mol. The molecule has 0 saturated heterocycles. The molecule has 3 atom stereocenters. The Morgan fingerprint density at radius 1 is 1.17 bits per heavy atom. The van der Waals surface area contributed by atoms with E-state index < -0.39 is 5.82 Å². The van der Waals surface area contributed by atoms with Gasteiger partial charge in [-0.25, -0.2) is 14.4 Å². The number of hydrogen-bond donors (Lipinski definition) is 1. The summed E-state index contributed by atoms with van der Waals surface area (Å²) in [7, 11) is 0. The number of halogens is 1. The summed E-state index contributed by atoms with van der Waals surface area (Å²) < 4.78 is 16.1. The fraction of sp³-hybridized carbons (Fsp3) is 0.455. The predicted octanol–water partition coefficient (Wildman–Crippen LogP) is 5.02. The van der Waals surface area contributed by atoms with Gasteiger partial charge < -0.3 is 9.67 Å². The number of aromatic nitrogens is 5. The van der Waals surface area contributed by atoms with E-state index in [1.165, 1.54) is 55.1 Å². The van der Waals surface area contributed by atoms with Crippen LogP contribution in [0.2, 0.25) is 0 Å². The van der Waals surface area contributed by atoms with Gasteiger partial charge in [-0.1, -0.05) is 25.6 Å². The Hall–Kier alpha value is -2.48. The van der Waals surface area contributed by atoms with Gasteiger partial charge in [0.15, 0.2) is 5.82 Å². The third kappa shape index (κ3) is 3.57. The molecular formula is C22H24FN5OS. The first-order valence-electron chi connectivity index (χ1n) is 10.2. The third-order valence-electron chi connectivity index (χ3n) is 6.54. The summed E-state index contributed by atoms with van der Waals surface area (Å²) in [5.74, 6) is -0.399. The maximum atomic E-state index is 14.6. The van der Waals surface area contributed by atoms with E-state index >= 15 is 0 Å². The van der Waals surface area contributed by atoms with Gasteiger partial charge in [0.1, 0.15) is 16.6 Å². The lowest BCUT2D eigenvalue weighted by Crippen LogP contribution is -2.31. The molecule has 5 rings (SSSR count). The minimum atomic E-state index is -0.498. The molecule has 1 unspecified atom stereocenters. The molecule has 3 aromatic rings. The van der Waals surface area contributed by atoms with Crippen LogP contribution in [0.1, 0.15) is 46.0 Å². The lowest BCUT2D eigenvalue weighted by Gasteiger charge is -2.39. The summed E-state index contributed by atoms with van der Waals surface area (Å²) in [4.78, 5) is 8.26. The second kappa shape index (κ2) is 7.04. The van der Waals surface area contributed by atoms with E-state index in [0.29, 0.717) is 16.1 Å². The number of fused-ring (bicyclic) bond motifs is 2. The lowest BCUT2D eigenvalue weighted by atomic mass is 9.71. The van der Waals surface area contributed by atoms with E-state index in [0.717, 1.165) is 5.03 Å². The second-order valence-corrected chi connectivity index (χ2v) is 10.7. The largest absolute Gasteiger partial charge is 0.507 e. The maximum absolute atomic E-state index is 14.6. The second-order valence-electron chi connectivity index (χ2n) is 9.36.